The molecular weight excluding hydrogens is 484 g/mol. The maximum atomic E-state index is 4.69. The van der Waals surface area contributed by atoms with Crippen LogP contribution in [0.4, 0.5) is 5.69 Å². The molecule has 0 spiro atoms. The highest BCUT2D eigenvalue weighted by Gasteiger charge is 2.38. The molecule has 3 aromatic carbocycles. The van der Waals surface area contributed by atoms with Crippen molar-refractivity contribution in [2.45, 2.75) is 65.2 Å². The van der Waals surface area contributed by atoms with Gasteiger partial charge in [-0.15, -0.1) is 0 Å². The van der Waals surface area contributed by atoms with E-state index in [2.05, 4.69) is 148 Å². The van der Waals surface area contributed by atoms with Crippen molar-refractivity contribution in [1.29, 1.82) is 0 Å². The van der Waals surface area contributed by atoms with Gasteiger partial charge in [-0.2, -0.15) is 0 Å². The Hall–Kier alpha value is -3.52. The van der Waals surface area contributed by atoms with Crippen molar-refractivity contribution in [3.63, 3.8) is 0 Å². The van der Waals surface area contributed by atoms with Gasteiger partial charge in [-0.3, -0.25) is 0 Å². The first-order valence-corrected chi connectivity index (χ1v) is 15.1. The minimum Gasteiger partial charge on any atom is -0.385 e. The van der Waals surface area contributed by atoms with Crippen molar-refractivity contribution >= 4 is 5.69 Å². The molecule has 1 fully saturated rings. The van der Waals surface area contributed by atoms with Crippen LogP contribution in [0.1, 0.15) is 63.6 Å². The van der Waals surface area contributed by atoms with Gasteiger partial charge in [-0.25, -0.2) is 0 Å². The highest BCUT2D eigenvalue weighted by atomic mass is 15.2. The fourth-order valence-electron chi connectivity index (χ4n) is 6.25. The van der Waals surface area contributed by atoms with Crippen molar-refractivity contribution in [2.75, 3.05) is 25.0 Å². The highest BCUT2D eigenvalue weighted by molar-refractivity contribution is 5.59. The van der Waals surface area contributed by atoms with Gasteiger partial charge in [0.1, 0.15) is 0 Å². The average molecular weight is 533 g/mol. The summed E-state index contributed by atoms with van der Waals surface area (Å²) in [5.41, 5.74) is 7.71. The molecule has 1 heterocycles. The fraction of sp³-hybridized carbons (Fsp3) is 0.368. The lowest BCUT2D eigenvalue weighted by Crippen LogP contribution is -2.28. The zero-order valence-corrected chi connectivity index (χ0v) is 25.1. The predicted molar refractivity (Wildman–Crippen MR) is 174 cm³/mol. The SMILES string of the molecule is C=C(/C=C/C=C1/N(CCC)CCC1(C)Cc1ccccc1)C(C)(Cc1ccccc1)c1ccccc1NCCC. The third kappa shape index (κ3) is 6.97. The van der Waals surface area contributed by atoms with E-state index in [0.717, 1.165) is 50.9 Å². The number of hydrogen-bond acceptors (Lipinski definition) is 2. The van der Waals surface area contributed by atoms with Gasteiger partial charge in [0.25, 0.3) is 0 Å². The largest absolute Gasteiger partial charge is 0.385 e. The van der Waals surface area contributed by atoms with Crippen molar-refractivity contribution in [3.05, 3.63) is 138 Å². The van der Waals surface area contributed by atoms with Gasteiger partial charge in [-0.1, -0.05) is 125 Å². The van der Waals surface area contributed by atoms with E-state index >= 15 is 0 Å². The lowest BCUT2D eigenvalue weighted by molar-refractivity contribution is 0.359. The monoisotopic (exact) mass is 532 g/mol. The summed E-state index contributed by atoms with van der Waals surface area (Å²) in [4.78, 5) is 2.60. The standard InChI is InChI=1S/C38H48N2/c1-6-26-39-35-23-15-14-22-34(35)38(5,30-33-20-12-9-13-21-33)31(3)17-16-24-36-37(4,25-28-40(36)27-7-2)29-32-18-10-8-11-19-32/h8-24,39H,3,6-7,25-30H2,1-2,4-5H3/b17-16+,36-24+. The Labute approximate surface area is 243 Å². The molecule has 1 saturated heterocycles. The molecule has 1 N–H and O–H groups in total. The minimum atomic E-state index is -0.250. The van der Waals surface area contributed by atoms with E-state index in [9.17, 15) is 0 Å². The number of anilines is 1. The molecule has 0 aliphatic carbocycles. The molecule has 210 valence electrons. The quantitative estimate of drug-likeness (QED) is 0.221. The number of allylic oxidation sites excluding steroid dienone is 5. The van der Waals surface area contributed by atoms with E-state index in [1.807, 2.05) is 0 Å². The van der Waals surface area contributed by atoms with Crippen LogP contribution in [0.3, 0.4) is 0 Å². The summed E-state index contributed by atoms with van der Waals surface area (Å²) < 4.78 is 0. The molecule has 2 heteroatoms. The van der Waals surface area contributed by atoms with Gasteiger partial charge in [-0.05, 0) is 66.5 Å². The van der Waals surface area contributed by atoms with E-state index in [4.69, 9.17) is 0 Å². The normalized spacial score (nSPS) is 19.7. The summed E-state index contributed by atoms with van der Waals surface area (Å²) in [5, 5.41) is 3.68. The smallest absolute Gasteiger partial charge is 0.0381 e. The maximum absolute atomic E-state index is 4.69. The van der Waals surface area contributed by atoms with Crippen molar-refractivity contribution in [3.8, 4) is 0 Å². The molecule has 1 aliphatic heterocycles. The average Bonchev–Trinajstić information content (AvgIpc) is 3.27. The third-order valence-electron chi connectivity index (χ3n) is 8.57. The van der Waals surface area contributed by atoms with E-state index in [1.165, 1.54) is 34.5 Å². The second-order valence-corrected chi connectivity index (χ2v) is 11.9. The Morgan fingerprint density at radius 3 is 2.25 bits per heavy atom. The Balaban J connectivity index is 1.67. The lowest BCUT2D eigenvalue weighted by atomic mass is 9.71. The molecule has 0 radical (unpaired) electrons. The minimum absolute atomic E-state index is 0.131. The predicted octanol–water partition coefficient (Wildman–Crippen LogP) is 9.37. The van der Waals surface area contributed by atoms with Crippen LogP contribution in [0.5, 0.6) is 0 Å². The van der Waals surface area contributed by atoms with Crippen LogP contribution in [-0.4, -0.2) is 24.5 Å². The number of nitrogens with zero attached hydrogens (tertiary/aromatic N) is 1. The first-order chi connectivity index (χ1) is 19.4. The molecule has 4 rings (SSSR count). The summed E-state index contributed by atoms with van der Waals surface area (Å²) in [5.74, 6) is 0. The molecule has 3 aromatic rings. The number of para-hydroxylation sites is 1. The highest BCUT2D eigenvalue weighted by Crippen LogP contribution is 2.43. The first-order valence-electron chi connectivity index (χ1n) is 15.1. The Kier molecular flexibility index (Phi) is 10.1. The van der Waals surface area contributed by atoms with Crippen LogP contribution in [-0.2, 0) is 18.3 Å². The number of rotatable bonds is 13. The molecule has 2 nitrogen and oxygen atoms in total. The van der Waals surface area contributed by atoms with Crippen molar-refractivity contribution in [1.82, 2.24) is 4.90 Å². The van der Waals surface area contributed by atoms with Gasteiger partial charge in [0.05, 0.1) is 0 Å². The lowest BCUT2D eigenvalue weighted by Gasteiger charge is -2.34. The summed E-state index contributed by atoms with van der Waals surface area (Å²) in [7, 11) is 0. The second-order valence-electron chi connectivity index (χ2n) is 11.9. The zero-order valence-electron chi connectivity index (χ0n) is 25.1. The zero-order chi connectivity index (χ0) is 28.4. The topological polar surface area (TPSA) is 15.3 Å². The molecule has 2 atom stereocenters. The van der Waals surface area contributed by atoms with Gasteiger partial charge in [0, 0.05) is 41.8 Å². The van der Waals surface area contributed by atoms with E-state index in [-0.39, 0.29) is 10.8 Å². The molecule has 2 unspecified atom stereocenters. The number of likely N-dealkylation sites (tertiary alicyclic amines) is 1. The summed E-state index contributed by atoms with van der Waals surface area (Å²) >= 11 is 0. The van der Waals surface area contributed by atoms with Gasteiger partial charge >= 0.3 is 0 Å². The summed E-state index contributed by atoms with van der Waals surface area (Å²) in [6, 6.07) is 30.6. The molecule has 0 aromatic heterocycles. The number of hydrogen-bond donors (Lipinski definition) is 1. The van der Waals surface area contributed by atoms with E-state index in [0.29, 0.717) is 0 Å². The molecule has 0 saturated carbocycles. The maximum Gasteiger partial charge on any atom is 0.0381 e. The van der Waals surface area contributed by atoms with Crippen LogP contribution >= 0.6 is 0 Å². The van der Waals surface area contributed by atoms with Crippen LogP contribution in [0.2, 0.25) is 0 Å². The molecular formula is C38H48N2. The van der Waals surface area contributed by atoms with Crippen molar-refractivity contribution < 1.29 is 0 Å². The van der Waals surface area contributed by atoms with Crippen LogP contribution in [0.15, 0.2) is 121 Å². The molecule has 1 aliphatic rings. The van der Waals surface area contributed by atoms with Crippen molar-refractivity contribution in [2.24, 2.45) is 5.41 Å². The third-order valence-corrected chi connectivity index (χ3v) is 8.57. The first kappa shape index (κ1) is 29.5. The van der Waals surface area contributed by atoms with Crippen LogP contribution in [0.25, 0.3) is 0 Å². The van der Waals surface area contributed by atoms with Gasteiger partial charge < -0.3 is 10.2 Å². The Morgan fingerprint density at radius 1 is 0.925 bits per heavy atom. The Morgan fingerprint density at radius 2 is 1.57 bits per heavy atom. The van der Waals surface area contributed by atoms with E-state index < -0.39 is 0 Å². The molecule has 40 heavy (non-hydrogen) atoms. The Bertz CT molecular complexity index is 1290. The van der Waals surface area contributed by atoms with Crippen LogP contribution < -0.4 is 5.32 Å². The van der Waals surface area contributed by atoms with Gasteiger partial charge in [0.2, 0.25) is 0 Å². The summed E-state index contributed by atoms with van der Waals surface area (Å²) in [6.07, 6.45) is 12.3. The van der Waals surface area contributed by atoms with Crippen LogP contribution in [0, 0.1) is 5.41 Å². The van der Waals surface area contributed by atoms with Gasteiger partial charge in [0.15, 0.2) is 0 Å². The molecule has 0 amide bonds. The molecule has 0 bridgehead atoms. The van der Waals surface area contributed by atoms with E-state index in [1.54, 1.807) is 0 Å². The fourth-order valence-corrected chi connectivity index (χ4v) is 6.25. The number of nitrogens with one attached hydrogen (secondary N) is 1. The number of benzene rings is 3. The second kappa shape index (κ2) is 13.7. The summed E-state index contributed by atoms with van der Waals surface area (Å²) in [6.45, 7) is 17.2.